The summed E-state index contributed by atoms with van der Waals surface area (Å²) in [6.45, 7) is 4.23. The van der Waals surface area contributed by atoms with Crippen molar-refractivity contribution in [2.45, 2.75) is 62.3 Å². The summed E-state index contributed by atoms with van der Waals surface area (Å²) in [5.74, 6) is 2.30. The van der Waals surface area contributed by atoms with Crippen LogP contribution in [0.4, 0.5) is 0 Å². The molecule has 0 radical (unpaired) electrons. The van der Waals surface area contributed by atoms with Crippen LogP contribution < -0.4 is 28.6 Å². The molecule has 2 saturated carbocycles. The average molecular weight is 423 g/mol. The summed E-state index contributed by atoms with van der Waals surface area (Å²) in [7, 11) is 0. The molecule has 2 atom stereocenters. The zero-order chi connectivity index (χ0) is 15.5. The summed E-state index contributed by atoms with van der Waals surface area (Å²) in [5.41, 5.74) is 0. The van der Waals surface area contributed by atoms with E-state index in [-0.39, 0.29) is 24.8 Å². The molecular weight excluding hydrogens is 393 g/mol. The van der Waals surface area contributed by atoms with Crippen molar-refractivity contribution in [2.75, 3.05) is 0 Å². The first kappa shape index (κ1) is 22.5. The Morgan fingerprint density at radius 3 is 2.04 bits per heavy atom. The van der Waals surface area contributed by atoms with Gasteiger partial charge in [-0.2, -0.15) is 0 Å². The predicted octanol–water partition coefficient (Wildman–Crippen LogP) is -1.85. The quantitative estimate of drug-likeness (QED) is 0.529. The molecule has 0 aromatic heterocycles. The molecule has 0 bridgehead atoms. The van der Waals surface area contributed by atoms with Crippen molar-refractivity contribution in [1.82, 2.24) is 3.80 Å². The SMILES string of the molecule is C[SiH](C)[Ti+2]([NH]C(=O)C1CCCCC1)[CH]1CC2C=CC=CC2C1.[Cl-].[Cl-]. The van der Waals surface area contributed by atoms with Crippen LogP contribution in [0.25, 0.3) is 0 Å². The molecule has 0 heterocycles. The number of carbonyl (C=O) groups excluding carboxylic acids is 1. The number of allylic oxidation sites excluding steroid dienone is 4. The number of carbonyl (C=O) groups is 1. The van der Waals surface area contributed by atoms with Gasteiger partial charge in [0.1, 0.15) is 0 Å². The standard InChI is InChI=1S/C9H11.C7H13NO.C2H7Si.2ClH.Ti/c1-2-5-9-7-3-6-8(9)4-1;8-7(9)6-4-2-1-3-5-6;1-3-2;;;/h1-5,8-9H,6-7H2;6H,1-5H2,(H2,8,9);3H,1-2H3;2*1H;/q;;;;;+3/p-3. The second kappa shape index (κ2) is 10.6. The third kappa shape index (κ3) is 5.48. The molecule has 3 rings (SSSR count). The first-order valence-electron chi connectivity index (χ1n) is 9.17. The number of amides is 1. The minimum Gasteiger partial charge on any atom is -1.00 e. The number of rotatable bonds is 4. The molecule has 1 N–H and O–H groups in total. The monoisotopic (exact) mass is 422 g/mol. The molecule has 135 valence electrons. The van der Waals surface area contributed by atoms with E-state index < -0.39 is 24.0 Å². The van der Waals surface area contributed by atoms with Gasteiger partial charge in [0.2, 0.25) is 0 Å². The molecule has 2 unspecified atom stereocenters. The molecule has 0 aliphatic heterocycles. The second-order valence-corrected chi connectivity index (χ2v) is 21.1. The van der Waals surface area contributed by atoms with Crippen LogP contribution in [0.3, 0.4) is 0 Å². The largest absolute Gasteiger partial charge is 1.00 e. The Morgan fingerprint density at radius 1 is 1.00 bits per heavy atom. The molecule has 0 aromatic rings. The molecule has 3 aliphatic rings. The van der Waals surface area contributed by atoms with E-state index in [4.69, 9.17) is 0 Å². The number of nitrogens with one attached hydrogen (secondary N) is 1. The smallest absolute Gasteiger partial charge is 1.00 e. The number of fused-ring (bicyclic) bond motifs is 1. The van der Waals surface area contributed by atoms with Crippen molar-refractivity contribution < 1.29 is 47.0 Å². The zero-order valence-electron chi connectivity index (χ0n) is 14.8. The second-order valence-electron chi connectivity index (χ2n) is 7.70. The van der Waals surface area contributed by atoms with Crippen LogP contribution in [0, 0.1) is 17.8 Å². The van der Waals surface area contributed by atoms with Gasteiger partial charge >= 0.3 is 143 Å². The van der Waals surface area contributed by atoms with Crippen LogP contribution in [0.1, 0.15) is 44.9 Å². The molecule has 0 spiro atoms. The van der Waals surface area contributed by atoms with Gasteiger partial charge in [0, 0.05) is 0 Å². The van der Waals surface area contributed by atoms with Crippen molar-refractivity contribution in [2.24, 2.45) is 17.8 Å². The van der Waals surface area contributed by atoms with Crippen LogP contribution >= 0.6 is 0 Å². The number of hydrogen-bond donors (Lipinski definition) is 1. The van der Waals surface area contributed by atoms with E-state index in [1.807, 2.05) is 0 Å². The van der Waals surface area contributed by atoms with Crippen LogP contribution in [-0.4, -0.2) is 12.6 Å². The van der Waals surface area contributed by atoms with E-state index in [9.17, 15) is 4.79 Å². The van der Waals surface area contributed by atoms with Gasteiger partial charge in [-0.25, -0.2) is 0 Å². The molecule has 3 aliphatic carbocycles. The fraction of sp³-hybridized carbons (Fsp3) is 0.722. The molecule has 1 amide bonds. The Morgan fingerprint density at radius 2 is 1.54 bits per heavy atom. The van der Waals surface area contributed by atoms with E-state index in [1.165, 1.54) is 32.1 Å². The summed E-state index contributed by atoms with van der Waals surface area (Å²) in [6, 6.07) is 0. The van der Waals surface area contributed by atoms with E-state index in [0.717, 1.165) is 28.9 Å². The zero-order valence-corrected chi connectivity index (χ0v) is 19.0. The molecule has 0 saturated heterocycles. The van der Waals surface area contributed by atoms with Crippen LogP contribution in [-0.2, 0) is 22.2 Å². The Hall–Kier alpha value is 0.461. The topological polar surface area (TPSA) is 29.1 Å². The Bertz CT molecular complexity index is 446. The maximum atomic E-state index is 12.7. The molecule has 2 fully saturated rings. The maximum Gasteiger partial charge on any atom is -1.00 e. The Labute approximate surface area is 167 Å². The molecule has 2 nitrogen and oxygen atoms in total. The van der Waals surface area contributed by atoms with E-state index >= 15 is 0 Å². The van der Waals surface area contributed by atoms with E-state index in [2.05, 4.69) is 41.2 Å². The van der Waals surface area contributed by atoms with Crippen LogP contribution in [0.5, 0.6) is 0 Å². The summed E-state index contributed by atoms with van der Waals surface area (Å²) in [4.78, 5) is 12.7. The number of hydrogen-bond acceptors (Lipinski definition) is 1. The predicted molar refractivity (Wildman–Crippen MR) is 91.8 cm³/mol. The minimum atomic E-state index is -1.41. The van der Waals surface area contributed by atoms with Crippen molar-refractivity contribution in [1.29, 1.82) is 0 Å². The fourth-order valence-corrected chi connectivity index (χ4v) is 16.0. The van der Waals surface area contributed by atoms with E-state index in [1.54, 1.807) is 0 Å². The van der Waals surface area contributed by atoms with Crippen LogP contribution in [0.2, 0.25) is 17.3 Å². The maximum absolute atomic E-state index is 12.7. The summed E-state index contributed by atoms with van der Waals surface area (Å²) in [6.07, 6.45) is 18.1. The van der Waals surface area contributed by atoms with Gasteiger partial charge in [-0.1, -0.05) is 0 Å². The Kier molecular flexibility index (Phi) is 9.91. The van der Waals surface area contributed by atoms with Crippen molar-refractivity contribution in [3.63, 3.8) is 0 Å². The fourth-order valence-electron chi connectivity index (χ4n) is 4.54. The molecule has 6 heteroatoms. The Balaban J connectivity index is 0.00000144. The van der Waals surface area contributed by atoms with Gasteiger partial charge in [-0.05, 0) is 0 Å². The summed E-state index contributed by atoms with van der Waals surface area (Å²) in [5, 5.41) is 0. The van der Waals surface area contributed by atoms with Crippen molar-refractivity contribution in [3.8, 4) is 0 Å². The first-order valence-corrected chi connectivity index (χ1v) is 16.4. The van der Waals surface area contributed by atoms with Crippen molar-refractivity contribution in [3.05, 3.63) is 24.3 Å². The summed E-state index contributed by atoms with van der Waals surface area (Å²) < 4.78 is 4.54. The third-order valence-corrected chi connectivity index (χ3v) is 18.4. The van der Waals surface area contributed by atoms with Gasteiger partial charge < -0.3 is 24.8 Å². The van der Waals surface area contributed by atoms with Gasteiger partial charge in [-0.15, -0.1) is 0 Å². The summed E-state index contributed by atoms with van der Waals surface area (Å²) >= 11 is -1.41. The first-order chi connectivity index (χ1) is 10.6. The third-order valence-electron chi connectivity index (χ3n) is 5.80. The van der Waals surface area contributed by atoms with Gasteiger partial charge in [0.05, 0.1) is 0 Å². The minimum absolute atomic E-state index is 0. The molecular formula is C18H30Cl2NOSiTi. The average Bonchev–Trinajstić information content (AvgIpc) is 2.96. The molecule has 24 heavy (non-hydrogen) atoms. The van der Waals surface area contributed by atoms with Gasteiger partial charge in [0.15, 0.2) is 0 Å². The van der Waals surface area contributed by atoms with E-state index in [0.29, 0.717) is 11.8 Å². The normalized spacial score (nSPS) is 28.7. The van der Waals surface area contributed by atoms with Gasteiger partial charge in [0.25, 0.3) is 0 Å². The number of halogens is 2. The van der Waals surface area contributed by atoms with Crippen LogP contribution in [0.15, 0.2) is 24.3 Å². The molecule has 0 aromatic carbocycles. The van der Waals surface area contributed by atoms with Crippen molar-refractivity contribution >= 4 is 12.6 Å². The van der Waals surface area contributed by atoms with Gasteiger partial charge in [-0.3, -0.25) is 0 Å².